The Balaban J connectivity index is 0.00000441. The van der Waals surface area contributed by atoms with Gasteiger partial charge < -0.3 is 19.9 Å². The van der Waals surface area contributed by atoms with Crippen LogP contribution < -0.4 is 10.6 Å². The number of ether oxygens (including phenoxy) is 1. The summed E-state index contributed by atoms with van der Waals surface area (Å²) in [5, 5.41) is 6.60. The van der Waals surface area contributed by atoms with E-state index in [-0.39, 0.29) is 24.0 Å². The van der Waals surface area contributed by atoms with E-state index in [9.17, 15) is 0 Å². The van der Waals surface area contributed by atoms with E-state index in [1.165, 1.54) is 12.0 Å². The highest BCUT2D eigenvalue weighted by Crippen LogP contribution is 2.00. The highest BCUT2D eigenvalue weighted by molar-refractivity contribution is 14.0. The van der Waals surface area contributed by atoms with E-state index < -0.39 is 0 Å². The lowest BCUT2D eigenvalue weighted by molar-refractivity contribution is 0.129. The van der Waals surface area contributed by atoms with Crippen molar-refractivity contribution < 1.29 is 4.74 Å². The average Bonchev–Trinajstić information content (AvgIpc) is 2.89. The van der Waals surface area contributed by atoms with Crippen molar-refractivity contribution in [2.45, 2.75) is 39.7 Å². The lowest BCUT2D eigenvalue weighted by Gasteiger charge is -2.11. The lowest BCUT2D eigenvalue weighted by Crippen LogP contribution is -2.38. The summed E-state index contributed by atoms with van der Waals surface area (Å²) in [6.45, 7) is 8.39. The van der Waals surface area contributed by atoms with Crippen LogP contribution in [0.25, 0.3) is 0 Å². The van der Waals surface area contributed by atoms with Crippen molar-refractivity contribution in [3.05, 3.63) is 24.0 Å². The Morgan fingerprint density at radius 3 is 2.64 bits per heavy atom. The Morgan fingerprint density at radius 2 is 2.00 bits per heavy atom. The van der Waals surface area contributed by atoms with Crippen LogP contribution in [0.1, 0.15) is 38.7 Å². The topological polar surface area (TPSA) is 50.6 Å². The molecule has 0 unspecified atom stereocenters. The SMILES string of the molecule is CCCCOCCCNC(=NCc1ccn(C)c1)NCC.I. The monoisotopic (exact) mass is 422 g/mol. The Hall–Kier alpha value is -0.760. The summed E-state index contributed by atoms with van der Waals surface area (Å²) in [6.07, 6.45) is 7.47. The number of unbranched alkanes of at least 4 members (excludes halogenated alkanes) is 1. The van der Waals surface area contributed by atoms with E-state index in [4.69, 9.17) is 4.74 Å². The van der Waals surface area contributed by atoms with Crippen LogP contribution in [0.15, 0.2) is 23.5 Å². The molecular formula is C16H31IN4O. The standard InChI is InChI=1S/C16H30N4O.HI/c1-4-6-11-21-12-7-9-18-16(17-5-2)19-13-15-8-10-20(3)14-15;/h8,10,14H,4-7,9,11-13H2,1-3H3,(H2,17,18,19);1H. The molecule has 0 atom stereocenters. The summed E-state index contributed by atoms with van der Waals surface area (Å²) in [5.74, 6) is 0.870. The van der Waals surface area contributed by atoms with Crippen LogP contribution in [0, 0.1) is 0 Å². The number of guanidine groups is 1. The largest absolute Gasteiger partial charge is 0.381 e. The van der Waals surface area contributed by atoms with Gasteiger partial charge >= 0.3 is 0 Å². The summed E-state index contributed by atoms with van der Waals surface area (Å²) in [5.41, 5.74) is 1.22. The van der Waals surface area contributed by atoms with E-state index in [1.54, 1.807) is 0 Å². The van der Waals surface area contributed by atoms with Gasteiger partial charge in [0.1, 0.15) is 0 Å². The molecule has 128 valence electrons. The molecule has 0 spiro atoms. The first kappa shape index (κ1) is 21.2. The molecule has 1 heterocycles. The van der Waals surface area contributed by atoms with Crippen molar-refractivity contribution in [2.24, 2.45) is 12.0 Å². The second-order valence-corrected chi connectivity index (χ2v) is 5.13. The lowest BCUT2D eigenvalue weighted by atomic mass is 10.3. The summed E-state index contributed by atoms with van der Waals surface area (Å²) < 4.78 is 7.59. The Labute approximate surface area is 151 Å². The van der Waals surface area contributed by atoms with Gasteiger partial charge in [-0.1, -0.05) is 13.3 Å². The quantitative estimate of drug-likeness (QED) is 0.264. The van der Waals surface area contributed by atoms with E-state index in [1.807, 2.05) is 17.8 Å². The van der Waals surface area contributed by atoms with Gasteiger partial charge in [0, 0.05) is 45.7 Å². The van der Waals surface area contributed by atoms with Crippen LogP contribution in [0.4, 0.5) is 0 Å². The molecule has 0 aliphatic heterocycles. The molecule has 0 aromatic carbocycles. The first-order chi connectivity index (χ1) is 10.3. The van der Waals surface area contributed by atoms with Crippen molar-refractivity contribution in [3.8, 4) is 0 Å². The van der Waals surface area contributed by atoms with E-state index in [0.717, 1.165) is 45.1 Å². The minimum atomic E-state index is 0. The molecule has 1 aromatic heterocycles. The molecule has 0 fully saturated rings. The maximum absolute atomic E-state index is 5.54. The van der Waals surface area contributed by atoms with Crippen molar-refractivity contribution in [1.82, 2.24) is 15.2 Å². The molecule has 2 N–H and O–H groups in total. The molecule has 0 saturated carbocycles. The van der Waals surface area contributed by atoms with Gasteiger partial charge in [0.15, 0.2) is 5.96 Å². The second kappa shape index (κ2) is 13.9. The zero-order valence-electron chi connectivity index (χ0n) is 14.1. The number of hydrogen-bond acceptors (Lipinski definition) is 2. The molecular weight excluding hydrogens is 391 g/mol. The Bertz CT molecular complexity index is 407. The van der Waals surface area contributed by atoms with Gasteiger partial charge in [0.05, 0.1) is 6.54 Å². The van der Waals surface area contributed by atoms with Gasteiger partial charge in [-0.2, -0.15) is 0 Å². The maximum atomic E-state index is 5.54. The first-order valence-electron chi connectivity index (χ1n) is 7.97. The third kappa shape index (κ3) is 10.0. The van der Waals surface area contributed by atoms with Gasteiger partial charge in [-0.3, -0.25) is 0 Å². The fourth-order valence-electron chi connectivity index (χ4n) is 1.90. The molecule has 0 aliphatic carbocycles. The number of hydrogen-bond donors (Lipinski definition) is 2. The third-order valence-corrected chi connectivity index (χ3v) is 3.06. The minimum Gasteiger partial charge on any atom is -0.381 e. The predicted molar refractivity (Wildman–Crippen MR) is 104 cm³/mol. The zero-order chi connectivity index (χ0) is 15.3. The van der Waals surface area contributed by atoms with E-state index >= 15 is 0 Å². The highest BCUT2D eigenvalue weighted by atomic mass is 127. The fraction of sp³-hybridized carbons (Fsp3) is 0.688. The van der Waals surface area contributed by atoms with Crippen LogP contribution in [-0.2, 0) is 18.3 Å². The number of aromatic nitrogens is 1. The molecule has 0 aliphatic rings. The summed E-state index contributed by atoms with van der Waals surface area (Å²) in [6, 6.07) is 2.09. The van der Waals surface area contributed by atoms with Gasteiger partial charge in [-0.15, -0.1) is 24.0 Å². The number of aryl methyl sites for hydroxylation is 1. The predicted octanol–water partition coefficient (Wildman–Crippen LogP) is 2.91. The summed E-state index contributed by atoms with van der Waals surface area (Å²) >= 11 is 0. The number of nitrogens with zero attached hydrogens (tertiary/aromatic N) is 2. The third-order valence-electron chi connectivity index (χ3n) is 3.06. The summed E-state index contributed by atoms with van der Waals surface area (Å²) in [4.78, 5) is 4.58. The van der Waals surface area contributed by atoms with Crippen molar-refractivity contribution in [1.29, 1.82) is 0 Å². The average molecular weight is 422 g/mol. The maximum Gasteiger partial charge on any atom is 0.191 e. The number of rotatable bonds is 10. The highest BCUT2D eigenvalue weighted by Gasteiger charge is 1.98. The Kier molecular flexibility index (Phi) is 13.4. The molecule has 22 heavy (non-hydrogen) atoms. The van der Waals surface area contributed by atoms with Crippen molar-refractivity contribution >= 4 is 29.9 Å². The molecule has 0 bridgehead atoms. The molecule has 1 rings (SSSR count). The minimum absolute atomic E-state index is 0. The van der Waals surface area contributed by atoms with Crippen LogP contribution in [-0.4, -0.2) is 36.8 Å². The zero-order valence-corrected chi connectivity index (χ0v) is 16.4. The van der Waals surface area contributed by atoms with E-state index in [2.05, 4.69) is 41.7 Å². The Morgan fingerprint density at radius 1 is 1.23 bits per heavy atom. The molecule has 5 nitrogen and oxygen atoms in total. The molecule has 6 heteroatoms. The van der Waals surface area contributed by atoms with Crippen LogP contribution in [0.5, 0.6) is 0 Å². The first-order valence-corrected chi connectivity index (χ1v) is 7.97. The number of nitrogens with one attached hydrogen (secondary N) is 2. The summed E-state index contributed by atoms with van der Waals surface area (Å²) in [7, 11) is 2.02. The number of aliphatic imine (C=N–C) groups is 1. The van der Waals surface area contributed by atoms with Gasteiger partial charge in [0.2, 0.25) is 0 Å². The normalized spacial score (nSPS) is 11.1. The van der Waals surface area contributed by atoms with Gasteiger partial charge in [-0.05, 0) is 31.4 Å². The van der Waals surface area contributed by atoms with Crippen LogP contribution in [0.2, 0.25) is 0 Å². The van der Waals surface area contributed by atoms with Crippen LogP contribution >= 0.6 is 24.0 Å². The molecule has 0 saturated heterocycles. The van der Waals surface area contributed by atoms with Crippen molar-refractivity contribution in [3.63, 3.8) is 0 Å². The second-order valence-electron chi connectivity index (χ2n) is 5.13. The smallest absolute Gasteiger partial charge is 0.191 e. The molecule has 0 amide bonds. The van der Waals surface area contributed by atoms with Gasteiger partial charge in [0.25, 0.3) is 0 Å². The number of halogens is 1. The van der Waals surface area contributed by atoms with Crippen molar-refractivity contribution in [2.75, 3.05) is 26.3 Å². The molecule has 1 aromatic rings. The van der Waals surface area contributed by atoms with E-state index in [0.29, 0.717) is 6.54 Å². The molecule has 0 radical (unpaired) electrons. The van der Waals surface area contributed by atoms with Crippen LogP contribution in [0.3, 0.4) is 0 Å². The fourth-order valence-corrected chi connectivity index (χ4v) is 1.90. The van der Waals surface area contributed by atoms with Gasteiger partial charge in [-0.25, -0.2) is 4.99 Å².